The number of nitrogens with zero attached hydrogens (tertiary/aromatic N) is 4. The van der Waals surface area contributed by atoms with Crippen molar-refractivity contribution >= 4 is 17.0 Å². The molecule has 3 heterocycles. The Kier molecular flexibility index (Phi) is 4.96. The number of ether oxygens (including phenoxy) is 1. The molecule has 0 amide bonds. The van der Waals surface area contributed by atoms with Crippen molar-refractivity contribution in [1.29, 1.82) is 0 Å². The van der Waals surface area contributed by atoms with E-state index in [2.05, 4.69) is 31.8 Å². The predicted molar refractivity (Wildman–Crippen MR) is 97.6 cm³/mol. The molecule has 0 aliphatic carbocycles. The molecule has 0 spiro atoms. The maximum Gasteiger partial charge on any atom is 0.164 e. The van der Waals surface area contributed by atoms with Crippen LogP contribution in [-0.4, -0.2) is 26.7 Å². The topological polar surface area (TPSA) is 52.3 Å². The summed E-state index contributed by atoms with van der Waals surface area (Å²) in [5, 5.41) is 5.78. The van der Waals surface area contributed by atoms with Crippen LogP contribution in [-0.2, 0) is 11.3 Å². The molecule has 3 aromatic heterocycles. The van der Waals surface area contributed by atoms with Gasteiger partial charge in [0, 0.05) is 30.6 Å². The number of aromatic nitrogens is 4. The number of aryl methyl sites for hydroxylation is 2. The third-order valence-corrected chi connectivity index (χ3v) is 5.38. The lowest BCUT2D eigenvalue weighted by molar-refractivity contribution is 0.184. The van der Waals surface area contributed by atoms with Gasteiger partial charge in [0.05, 0.1) is 22.7 Å². The Balaban J connectivity index is 2.20. The fourth-order valence-electron chi connectivity index (χ4n) is 3.18. The largest absolute Gasteiger partial charge is 0.378 e. The Morgan fingerprint density at radius 3 is 2.67 bits per heavy atom. The van der Waals surface area contributed by atoms with Crippen molar-refractivity contribution in [2.45, 2.75) is 53.1 Å². The van der Waals surface area contributed by atoms with Gasteiger partial charge in [-0.15, -0.1) is 11.3 Å². The number of thiazole rings is 1. The zero-order valence-corrected chi connectivity index (χ0v) is 15.8. The highest BCUT2D eigenvalue weighted by atomic mass is 32.1. The fraction of sp³-hybridized carbons (Fsp3) is 0.500. The molecule has 0 bridgehead atoms. The van der Waals surface area contributed by atoms with Gasteiger partial charge in [-0.25, -0.2) is 14.5 Å². The number of fused-ring (bicyclic) bond motifs is 1. The van der Waals surface area contributed by atoms with Crippen LogP contribution in [0.25, 0.3) is 16.1 Å². The molecule has 0 saturated carbocycles. The average Bonchev–Trinajstić information content (AvgIpc) is 3.12. The normalized spacial score (nSPS) is 11.8. The summed E-state index contributed by atoms with van der Waals surface area (Å²) < 4.78 is 7.22. The lowest BCUT2D eigenvalue weighted by Gasteiger charge is -2.15. The monoisotopic (exact) mass is 344 g/mol. The van der Waals surface area contributed by atoms with Crippen LogP contribution in [0, 0.1) is 13.8 Å². The van der Waals surface area contributed by atoms with Crippen molar-refractivity contribution < 1.29 is 4.74 Å². The first kappa shape index (κ1) is 17.0. The number of rotatable bonds is 6. The van der Waals surface area contributed by atoms with E-state index >= 15 is 0 Å². The molecular formula is C18H24N4OS. The minimum absolute atomic E-state index is 0.492. The molecule has 0 aliphatic heterocycles. The highest BCUT2D eigenvalue weighted by Gasteiger charge is 2.20. The van der Waals surface area contributed by atoms with E-state index in [-0.39, 0.29) is 0 Å². The zero-order chi connectivity index (χ0) is 17.3. The van der Waals surface area contributed by atoms with Crippen molar-refractivity contribution in [2.24, 2.45) is 0 Å². The average molecular weight is 344 g/mol. The molecule has 3 rings (SSSR count). The molecule has 0 fully saturated rings. The summed E-state index contributed by atoms with van der Waals surface area (Å²) in [5.41, 5.74) is 5.30. The van der Waals surface area contributed by atoms with Crippen molar-refractivity contribution in [3.05, 3.63) is 34.4 Å². The SMILES string of the molecule is CCC(CC)c1cc(C)nc2c(-c3cnc(COC)s3)c(C)nn12. The Morgan fingerprint density at radius 2 is 2.00 bits per heavy atom. The molecule has 24 heavy (non-hydrogen) atoms. The predicted octanol–water partition coefficient (Wildman–Crippen LogP) is 4.52. The van der Waals surface area contributed by atoms with Gasteiger partial charge < -0.3 is 4.74 Å². The highest BCUT2D eigenvalue weighted by Crippen LogP contribution is 2.34. The first-order valence-electron chi connectivity index (χ1n) is 8.39. The molecule has 0 unspecified atom stereocenters. The van der Waals surface area contributed by atoms with Gasteiger partial charge in [0.1, 0.15) is 5.01 Å². The van der Waals surface area contributed by atoms with Crippen molar-refractivity contribution in [2.75, 3.05) is 7.11 Å². The summed E-state index contributed by atoms with van der Waals surface area (Å²) in [4.78, 5) is 10.3. The minimum Gasteiger partial charge on any atom is -0.378 e. The van der Waals surface area contributed by atoms with Crippen molar-refractivity contribution in [3.8, 4) is 10.4 Å². The van der Waals surface area contributed by atoms with E-state index in [0.717, 1.165) is 45.3 Å². The molecule has 0 radical (unpaired) electrons. The number of hydrogen-bond acceptors (Lipinski definition) is 5. The second-order valence-electron chi connectivity index (χ2n) is 6.08. The Hall–Kier alpha value is -1.79. The van der Waals surface area contributed by atoms with Crippen LogP contribution in [0.2, 0.25) is 0 Å². The molecule has 6 heteroatoms. The van der Waals surface area contributed by atoms with E-state index in [4.69, 9.17) is 14.8 Å². The maximum absolute atomic E-state index is 5.19. The Bertz CT molecular complexity index is 848. The van der Waals surface area contributed by atoms with Crippen LogP contribution in [0.15, 0.2) is 12.3 Å². The quantitative estimate of drug-likeness (QED) is 0.660. The van der Waals surface area contributed by atoms with Gasteiger partial charge in [0.15, 0.2) is 5.65 Å². The van der Waals surface area contributed by atoms with Gasteiger partial charge in [-0.1, -0.05) is 13.8 Å². The summed E-state index contributed by atoms with van der Waals surface area (Å²) in [7, 11) is 1.69. The van der Waals surface area contributed by atoms with Gasteiger partial charge in [0.2, 0.25) is 0 Å². The summed E-state index contributed by atoms with van der Waals surface area (Å²) in [6.45, 7) is 9.10. The molecular weight excluding hydrogens is 320 g/mol. The second kappa shape index (κ2) is 6.99. The third-order valence-electron chi connectivity index (χ3n) is 4.39. The summed E-state index contributed by atoms with van der Waals surface area (Å²) in [6.07, 6.45) is 4.10. The Labute approximate surface area is 146 Å². The Morgan fingerprint density at radius 1 is 1.25 bits per heavy atom. The minimum atomic E-state index is 0.492. The molecule has 0 aliphatic rings. The van der Waals surface area contributed by atoms with E-state index in [0.29, 0.717) is 12.5 Å². The highest BCUT2D eigenvalue weighted by molar-refractivity contribution is 7.15. The first-order valence-corrected chi connectivity index (χ1v) is 9.21. The first-order chi connectivity index (χ1) is 11.6. The molecule has 0 atom stereocenters. The van der Waals surface area contributed by atoms with Crippen molar-refractivity contribution in [1.82, 2.24) is 19.6 Å². The van der Waals surface area contributed by atoms with E-state index in [1.165, 1.54) is 5.69 Å². The molecule has 0 N–H and O–H groups in total. The van der Waals surface area contributed by atoms with Gasteiger partial charge in [0.25, 0.3) is 0 Å². The van der Waals surface area contributed by atoms with Crippen LogP contribution >= 0.6 is 11.3 Å². The van der Waals surface area contributed by atoms with E-state index < -0.39 is 0 Å². The number of methoxy groups -OCH3 is 1. The molecule has 0 aromatic carbocycles. The molecule has 0 saturated heterocycles. The lowest BCUT2D eigenvalue weighted by Crippen LogP contribution is -2.07. The summed E-state index contributed by atoms with van der Waals surface area (Å²) >= 11 is 1.65. The van der Waals surface area contributed by atoms with Crippen LogP contribution in [0.4, 0.5) is 0 Å². The fourth-order valence-corrected chi connectivity index (χ4v) is 4.16. The van der Waals surface area contributed by atoms with Crippen LogP contribution in [0.5, 0.6) is 0 Å². The molecule has 128 valence electrons. The van der Waals surface area contributed by atoms with Crippen LogP contribution < -0.4 is 0 Å². The smallest absolute Gasteiger partial charge is 0.164 e. The van der Waals surface area contributed by atoms with Gasteiger partial charge in [-0.05, 0) is 32.8 Å². The number of hydrogen-bond donors (Lipinski definition) is 0. The molecule has 3 aromatic rings. The van der Waals surface area contributed by atoms with Gasteiger partial charge >= 0.3 is 0 Å². The maximum atomic E-state index is 5.19. The molecule has 5 nitrogen and oxygen atoms in total. The standard InChI is InChI=1S/C18H24N4OS/c1-6-13(7-2)14-8-11(3)20-18-17(12(4)21-22(14)18)15-9-19-16(24-15)10-23-5/h8-9,13H,6-7,10H2,1-5H3. The van der Waals surface area contributed by atoms with Gasteiger partial charge in [-0.2, -0.15) is 5.10 Å². The van der Waals surface area contributed by atoms with Crippen LogP contribution in [0.1, 0.15) is 54.7 Å². The summed E-state index contributed by atoms with van der Waals surface area (Å²) in [6, 6.07) is 2.17. The van der Waals surface area contributed by atoms with Crippen molar-refractivity contribution in [3.63, 3.8) is 0 Å². The van der Waals surface area contributed by atoms with Crippen LogP contribution in [0.3, 0.4) is 0 Å². The van der Waals surface area contributed by atoms with Gasteiger partial charge in [-0.3, -0.25) is 0 Å². The lowest BCUT2D eigenvalue weighted by atomic mass is 9.98. The van der Waals surface area contributed by atoms with E-state index in [1.807, 2.05) is 17.6 Å². The summed E-state index contributed by atoms with van der Waals surface area (Å²) in [5.74, 6) is 0.492. The van der Waals surface area contributed by atoms with E-state index in [9.17, 15) is 0 Å². The third kappa shape index (κ3) is 2.96. The van der Waals surface area contributed by atoms with E-state index in [1.54, 1.807) is 18.4 Å². The zero-order valence-electron chi connectivity index (χ0n) is 15.0. The second-order valence-corrected chi connectivity index (χ2v) is 7.20.